The third-order valence-corrected chi connectivity index (χ3v) is 4.30. The van der Waals surface area contributed by atoms with Crippen molar-refractivity contribution in [2.24, 2.45) is 0 Å². The molecular formula is C21H20O3. The Morgan fingerprint density at radius 1 is 1.04 bits per heavy atom. The summed E-state index contributed by atoms with van der Waals surface area (Å²) in [4.78, 5) is 12.5. The monoisotopic (exact) mass is 320 g/mol. The Bertz CT molecular complexity index is 951. The summed E-state index contributed by atoms with van der Waals surface area (Å²) < 4.78 is 5.35. The second-order valence-electron chi connectivity index (χ2n) is 6.26. The molecule has 0 spiro atoms. The maximum absolute atomic E-state index is 12.5. The molecule has 0 fully saturated rings. The van der Waals surface area contributed by atoms with Crippen LogP contribution in [0.4, 0.5) is 0 Å². The first-order chi connectivity index (χ1) is 11.4. The number of furan rings is 1. The summed E-state index contributed by atoms with van der Waals surface area (Å²) in [5, 5.41) is 11.0. The normalized spacial score (nSPS) is 11.5. The highest BCUT2D eigenvalue weighted by atomic mass is 16.3. The van der Waals surface area contributed by atoms with Crippen molar-refractivity contribution in [3.63, 3.8) is 0 Å². The van der Waals surface area contributed by atoms with E-state index in [1.807, 2.05) is 26.8 Å². The van der Waals surface area contributed by atoms with E-state index in [-0.39, 0.29) is 17.1 Å². The van der Waals surface area contributed by atoms with Gasteiger partial charge in [-0.2, -0.15) is 0 Å². The first kappa shape index (κ1) is 16.1. The van der Waals surface area contributed by atoms with Crippen molar-refractivity contribution in [2.75, 3.05) is 0 Å². The lowest BCUT2D eigenvalue weighted by Crippen LogP contribution is -1.96. The van der Waals surface area contributed by atoms with Gasteiger partial charge in [0, 0.05) is 0 Å². The number of rotatable bonds is 3. The van der Waals surface area contributed by atoms with Crippen LogP contribution in [0.2, 0.25) is 0 Å². The van der Waals surface area contributed by atoms with Gasteiger partial charge in [-0.3, -0.25) is 4.79 Å². The highest BCUT2D eigenvalue weighted by molar-refractivity contribution is 6.11. The number of phenolic OH excluding ortho intramolecular Hbond substituents is 1. The highest BCUT2D eigenvalue weighted by Crippen LogP contribution is 2.33. The molecule has 0 saturated carbocycles. The molecule has 1 N–H and O–H groups in total. The molecular weight excluding hydrogens is 300 g/mol. The average molecular weight is 320 g/mol. The van der Waals surface area contributed by atoms with Crippen LogP contribution in [0, 0.1) is 27.7 Å². The molecule has 3 aromatic rings. The summed E-state index contributed by atoms with van der Waals surface area (Å²) in [6.45, 7) is 7.96. The summed E-state index contributed by atoms with van der Waals surface area (Å²) in [6, 6.07) is 7.50. The third-order valence-electron chi connectivity index (χ3n) is 4.30. The number of fused-ring (bicyclic) bond motifs is 1. The molecule has 2 aromatic carbocycles. The van der Waals surface area contributed by atoms with Crippen molar-refractivity contribution in [1.29, 1.82) is 0 Å². The first-order valence-corrected chi connectivity index (χ1v) is 7.88. The lowest BCUT2D eigenvalue weighted by atomic mass is 9.98. The van der Waals surface area contributed by atoms with Gasteiger partial charge in [-0.1, -0.05) is 23.8 Å². The molecule has 1 heterocycles. The summed E-state index contributed by atoms with van der Waals surface area (Å²) in [7, 11) is 0. The SMILES string of the molecule is Cc1cc(C)c(/C=C/C(=O)c2ccc3occ(C)c3c2O)c(C)c1. The molecule has 0 aliphatic heterocycles. The van der Waals surface area contributed by atoms with Crippen molar-refractivity contribution in [3.05, 3.63) is 70.0 Å². The van der Waals surface area contributed by atoms with E-state index in [0.717, 1.165) is 22.3 Å². The number of phenols is 1. The maximum atomic E-state index is 12.5. The van der Waals surface area contributed by atoms with E-state index in [9.17, 15) is 9.90 Å². The van der Waals surface area contributed by atoms with Gasteiger partial charge in [0.2, 0.25) is 0 Å². The molecule has 0 aliphatic rings. The summed E-state index contributed by atoms with van der Waals surface area (Å²) in [6.07, 6.45) is 4.91. The molecule has 0 unspecified atom stereocenters. The van der Waals surface area contributed by atoms with Crippen LogP contribution >= 0.6 is 0 Å². The molecule has 0 radical (unpaired) electrons. The van der Waals surface area contributed by atoms with E-state index in [1.165, 1.54) is 11.6 Å². The van der Waals surface area contributed by atoms with E-state index < -0.39 is 0 Å². The van der Waals surface area contributed by atoms with Crippen LogP contribution in [-0.4, -0.2) is 10.9 Å². The molecule has 0 aliphatic carbocycles. The van der Waals surface area contributed by atoms with Gasteiger partial charge < -0.3 is 9.52 Å². The largest absolute Gasteiger partial charge is 0.506 e. The molecule has 3 heteroatoms. The number of aryl methyl sites for hydroxylation is 4. The zero-order valence-electron chi connectivity index (χ0n) is 14.3. The maximum Gasteiger partial charge on any atom is 0.189 e. The standard InChI is InChI=1S/C21H20O3/c1-12-9-13(2)16(14(3)10-12)5-7-18(22)17-6-8-19-20(21(17)23)15(4)11-24-19/h5-11,23H,1-4H3/b7-5+. The molecule has 24 heavy (non-hydrogen) atoms. The van der Waals surface area contributed by atoms with Gasteiger partial charge >= 0.3 is 0 Å². The summed E-state index contributed by atoms with van der Waals surface area (Å²) >= 11 is 0. The Morgan fingerprint density at radius 3 is 2.38 bits per heavy atom. The zero-order valence-corrected chi connectivity index (χ0v) is 14.3. The van der Waals surface area contributed by atoms with Crippen LogP contribution in [0.15, 0.2) is 41.0 Å². The molecule has 1 aromatic heterocycles. The predicted octanol–water partition coefficient (Wildman–Crippen LogP) is 5.27. The number of hydrogen-bond acceptors (Lipinski definition) is 3. The van der Waals surface area contributed by atoms with E-state index in [2.05, 4.69) is 19.1 Å². The fraction of sp³-hybridized carbons (Fsp3) is 0.190. The Kier molecular flexibility index (Phi) is 4.02. The third kappa shape index (κ3) is 2.73. The van der Waals surface area contributed by atoms with Crippen molar-refractivity contribution in [2.45, 2.75) is 27.7 Å². The lowest BCUT2D eigenvalue weighted by molar-refractivity contribution is 0.104. The van der Waals surface area contributed by atoms with Gasteiger partial charge in [0.25, 0.3) is 0 Å². The van der Waals surface area contributed by atoms with Crippen LogP contribution in [0.1, 0.15) is 38.2 Å². The average Bonchev–Trinajstić information content (AvgIpc) is 2.88. The number of benzene rings is 2. The first-order valence-electron chi connectivity index (χ1n) is 7.88. The predicted molar refractivity (Wildman–Crippen MR) is 96.6 cm³/mol. The van der Waals surface area contributed by atoms with E-state index >= 15 is 0 Å². The van der Waals surface area contributed by atoms with Gasteiger partial charge in [0.15, 0.2) is 5.78 Å². The highest BCUT2D eigenvalue weighted by Gasteiger charge is 2.15. The van der Waals surface area contributed by atoms with Gasteiger partial charge in [-0.15, -0.1) is 0 Å². The van der Waals surface area contributed by atoms with Crippen LogP contribution in [-0.2, 0) is 0 Å². The van der Waals surface area contributed by atoms with Crippen LogP contribution in [0.3, 0.4) is 0 Å². The van der Waals surface area contributed by atoms with Crippen LogP contribution in [0.5, 0.6) is 5.75 Å². The Balaban J connectivity index is 1.99. The summed E-state index contributed by atoms with van der Waals surface area (Å²) in [5.74, 6) is -0.250. The fourth-order valence-electron chi connectivity index (χ4n) is 3.16. The van der Waals surface area contributed by atoms with Gasteiger partial charge in [-0.05, 0) is 68.2 Å². The van der Waals surface area contributed by atoms with Crippen molar-refractivity contribution < 1.29 is 14.3 Å². The summed E-state index contributed by atoms with van der Waals surface area (Å²) in [5.41, 5.74) is 6.16. The van der Waals surface area contributed by atoms with Gasteiger partial charge in [-0.25, -0.2) is 0 Å². The number of hydrogen-bond donors (Lipinski definition) is 1. The Labute approximate surface area is 141 Å². The quantitative estimate of drug-likeness (QED) is 0.528. The van der Waals surface area contributed by atoms with Crippen molar-refractivity contribution in [3.8, 4) is 5.75 Å². The van der Waals surface area contributed by atoms with Crippen molar-refractivity contribution in [1.82, 2.24) is 0 Å². The van der Waals surface area contributed by atoms with Gasteiger partial charge in [0.05, 0.1) is 17.2 Å². The van der Waals surface area contributed by atoms with E-state index in [4.69, 9.17) is 4.42 Å². The second-order valence-corrected chi connectivity index (χ2v) is 6.26. The number of allylic oxidation sites excluding steroid dienone is 1. The molecule has 3 rings (SSSR count). The molecule has 0 bridgehead atoms. The Hall–Kier alpha value is -2.81. The number of carbonyl (C=O) groups is 1. The molecule has 122 valence electrons. The van der Waals surface area contributed by atoms with Crippen LogP contribution < -0.4 is 0 Å². The molecule has 3 nitrogen and oxygen atoms in total. The number of ketones is 1. The smallest absolute Gasteiger partial charge is 0.189 e. The minimum atomic E-state index is -0.227. The topological polar surface area (TPSA) is 50.4 Å². The van der Waals surface area contributed by atoms with E-state index in [1.54, 1.807) is 18.4 Å². The van der Waals surface area contributed by atoms with Crippen molar-refractivity contribution >= 4 is 22.8 Å². The second kappa shape index (κ2) is 6.00. The van der Waals surface area contributed by atoms with E-state index in [0.29, 0.717) is 11.0 Å². The minimum absolute atomic E-state index is 0.0225. The molecule has 0 saturated heterocycles. The zero-order chi connectivity index (χ0) is 17.4. The molecule has 0 amide bonds. The lowest BCUT2D eigenvalue weighted by Gasteiger charge is -2.07. The van der Waals surface area contributed by atoms with Gasteiger partial charge in [0.1, 0.15) is 11.3 Å². The minimum Gasteiger partial charge on any atom is -0.506 e. The van der Waals surface area contributed by atoms with Crippen LogP contribution in [0.25, 0.3) is 17.0 Å². The number of aromatic hydroxyl groups is 1. The Morgan fingerprint density at radius 2 is 1.71 bits per heavy atom. The number of carbonyl (C=O) groups excluding carboxylic acids is 1. The fourth-order valence-corrected chi connectivity index (χ4v) is 3.16. The molecule has 0 atom stereocenters.